The van der Waals surface area contributed by atoms with Gasteiger partial charge in [-0.25, -0.2) is 9.37 Å². The topological polar surface area (TPSA) is 115 Å². The minimum Gasteiger partial charge on any atom is -0.491 e. The van der Waals surface area contributed by atoms with Gasteiger partial charge in [-0.3, -0.25) is 9.48 Å². The Bertz CT molecular complexity index is 1200. The number of carbonyl (C=O) groups excluding carboxylic acids is 1. The molecule has 1 fully saturated rings. The average Bonchev–Trinajstić information content (AvgIpc) is 3.40. The van der Waals surface area contributed by atoms with Gasteiger partial charge in [0.1, 0.15) is 18.2 Å². The standard InChI is InChI=1S/C21H23FN8O2/c1-28-8-9-32-16-6-5-12(22)10-13(16)15-4-3-7-30(15)20-18(23)25-26-19(24-20)14-11-29(2)27-17(14)21(28)31/h5-6,10-11,15H,3-4,7-9H2,1-2H3,(H2,23,25)/t15-/m1/s1. The van der Waals surface area contributed by atoms with Gasteiger partial charge in [-0.05, 0) is 31.0 Å². The molecule has 0 spiro atoms. The maximum atomic E-state index is 14.2. The number of nitrogens with zero attached hydrogens (tertiary/aromatic N) is 7. The lowest BCUT2D eigenvalue weighted by Gasteiger charge is -2.28. The number of hydrogen-bond acceptors (Lipinski definition) is 8. The molecule has 1 aromatic carbocycles. The van der Waals surface area contributed by atoms with E-state index >= 15 is 0 Å². The molecule has 1 amide bonds. The second-order valence-corrected chi connectivity index (χ2v) is 8.02. The predicted molar refractivity (Wildman–Crippen MR) is 115 cm³/mol. The first-order chi connectivity index (χ1) is 15.4. The number of aryl methyl sites for hydroxylation is 1. The molecule has 2 aliphatic rings. The van der Waals surface area contributed by atoms with Crippen LogP contribution >= 0.6 is 0 Å². The lowest BCUT2D eigenvalue weighted by molar-refractivity contribution is 0.0767. The summed E-state index contributed by atoms with van der Waals surface area (Å²) >= 11 is 0. The average molecular weight is 438 g/mol. The predicted octanol–water partition coefficient (Wildman–Crippen LogP) is 1.80. The number of halogens is 1. The maximum Gasteiger partial charge on any atom is 0.274 e. The number of nitrogen functional groups attached to an aromatic ring is 1. The fraction of sp³-hybridized carbons (Fsp3) is 0.381. The molecule has 1 atom stereocenters. The molecule has 0 aliphatic carbocycles. The number of carbonyl (C=O) groups is 1. The number of amides is 1. The molecule has 5 rings (SSSR count). The van der Waals surface area contributed by atoms with Crippen LogP contribution in [0, 0.1) is 5.82 Å². The SMILES string of the molecule is CN1CCOc2ccc(F)cc2[C@H]2CCCN2c2nc(nnc2N)-c2cn(C)nc2C1=O. The molecule has 4 heterocycles. The molecular weight excluding hydrogens is 415 g/mol. The molecule has 0 unspecified atom stereocenters. The third-order valence-corrected chi connectivity index (χ3v) is 5.85. The molecule has 2 aromatic heterocycles. The summed E-state index contributed by atoms with van der Waals surface area (Å²) in [6.45, 7) is 1.25. The van der Waals surface area contributed by atoms with Crippen molar-refractivity contribution < 1.29 is 13.9 Å². The van der Waals surface area contributed by atoms with Gasteiger partial charge in [-0.15, -0.1) is 10.2 Å². The van der Waals surface area contributed by atoms with Gasteiger partial charge in [0.25, 0.3) is 5.91 Å². The molecule has 10 nitrogen and oxygen atoms in total. The van der Waals surface area contributed by atoms with Gasteiger partial charge in [-0.1, -0.05) is 0 Å². The number of aromatic nitrogens is 5. The molecule has 166 valence electrons. The Labute approximate surface area is 183 Å². The van der Waals surface area contributed by atoms with E-state index in [1.807, 2.05) is 4.90 Å². The van der Waals surface area contributed by atoms with Crippen LogP contribution in [-0.2, 0) is 7.05 Å². The molecule has 2 aliphatic heterocycles. The second kappa shape index (κ2) is 7.74. The summed E-state index contributed by atoms with van der Waals surface area (Å²) in [5.74, 6) is 0.808. The highest BCUT2D eigenvalue weighted by Crippen LogP contribution is 2.41. The lowest BCUT2D eigenvalue weighted by atomic mass is 10.0. The Hall–Kier alpha value is -3.76. The monoisotopic (exact) mass is 438 g/mol. The number of benzene rings is 1. The molecule has 0 saturated carbocycles. The molecule has 2 bridgehead atoms. The second-order valence-electron chi connectivity index (χ2n) is 8.02. The minimum absolute atomic E-state index is 0.167. The van der Waals surface area contributed by atoms with Crippen molar-refractivity contribution in [1.29, 1.82) is 0 Å². The van der Waals surface area contributed by atoms with Gasteiger partial charge in [0.2, 0.25) is 0 Å². The zero-order chi connectivity index (χ0) is 22.4. The third-order valence-electron chi connectivity index (χ3n) is 5.85. The van der Waals surface area contributed by atoms with E-state index in [1.165, 1.54) is 17.0 Å². The van der Waals surface area contributed by atoms with Crippen LogP contribution in [0.25, 0.3) is 11.4 Å². The Morgan fingerprint density at radius 3 is 2.91 bits per heavy atom. The molecule has 1 saturated heterocycles. The van der Waals surface area contributed by atoms with Crippen molar-refractivity contribution in [3.05, 3.63) is 41.5 Å². The van der Waals surface area contributed by atoms with E-state index in [1.54, 1.807) is 31.0 Å². The van der Waals surface area contributed by atoms with Gasteiger partial charge in [0, 0.05) is 32.4 Å². The zero-order valence-corrected chi connectivity index (χ0v) is 17.8. The molecule has 3 aromatic rings. The van der Waals surface area contributed by atoms with Gasteiger partial charge >= 0.3 is 0 Å². The maximum absolute atomic E-state index is 14.2. The van der Waals surface area contributed by atoms with E-state index in [0.29, 0.717) is 30.2 Å². The summed E-state index contributed by atoms with van der Waals surface area (Å²) in [6.07, 6.45) is 3.35. The van der Waals surface area contributed by atoms with Gasteiger partial charge in [0.05, 0.1) is 18.2 Å². The van der Waals surface area contributed by atoms with E-state index in [2.05, 4.69) is 20.3 Å². The normalized spacial score (nSPS) is 18.5. The fourth-order valence-corrected chi connectivity index (χ4v) is 4.29. The van der Waals surface area contributed by atoms with Gasteiger partial charge in [0.15, 0.2) is 23.2 Å². The van der Waals surface area contributed by atoms with E-state index in [0.717, 1.165) is 18.4 Å². The van der Waals surface area contributed by atoms with Crippen LogP contribution in [0.3, 0.4) is 0 Å². The summed E-state index contributed by atoms with van der Waals surface area (Å²) in [5, 5.41) is 12.6. The van der Waals surface area contributed by atoms with Crippen molar-refractivity contribution in [2.45, 2.75) is 18.9 Å². The Balaban J connectivity index is 1.70. The van der Waals surface area contributed by atoms with Crippen molar-refractivity contribution in [3.8, 4) is 17.1 Å². The Kier molecular flexibility index (Phi) is 4.87. The summed E-state index contributed by atoms with van der Waals surface area (Å²) in [7, 11) is 3.40. The van der Waals surface area contributed by atoms with Crippen LogP contribution < -0.4 is 15.4 Å². The number of fused-ring (bicyclic) bond motifs is 8. The highest BCUT2D eigenvalue weighted by Gasteiger charge is 2.33. The van der Waals surface area contributed by atoms with Crippen molar-refractivity contribution in [1.82, 2.24) is 29.9 Å². The van der Waals surface area contributed by atoms with Crippen LogP contribution in [0.1, 0.15) is 34.9 Å². The largest absolute Gasteiger partial charge is 0.491 e. The Morgan fingerprint density at radius 1 is 1.22 bits per heavy atom. The van der Waals surface area contributed by atoms with Crippen LogP contribution in [0.2, 0.25) is 0 Å². The van der Waals surface area contributed by atoms with Crippen molar-refractivity contribution in [2.24, 2.45) is 7.05 Å². The van der Waals surface area contributed by atoms with Crippen LogP contribution in [0.5, 0.6) is 5.75 Å². The van der Waals surface area contributed by atoms with Gasteiger partial charge < -0.3 is 20.3 Å². The molecule has 32 heavy (non-hydrogen) atoms. The first-order valence-electron chi connectivity index (χ1n) is 10.4. The van der Waals surface area contributed by atoms with Crippen molar-refractivity contribution in [3.63, 3.8) is 0 Å². The number of likely N-dealkylation sites (N-methyl/N-ethyl adjacent to an activating group) is 1. The summed E-state index contributed by atoms with van der Waals surface area (Å²) in [4.78, 5) is 21.3. The lowest BCUT2D eigenvalue weighted by Crippen LogP contribution is -2.32. The van der Waals surface area contributed by atoms with Crippen molar-refractivity contribution in [2.75, 3.05) is 37.4 Å². The van der Waals surface area contributed by atoms with Crippen LogP contribution in [0.15, 0.2) is 24.4 Å². The van der Waals surface area contributed by atoms with E-state index < -0.39 is 0 Å². The van der Waals surface area contributed by atoms with Crippen LogP contribution in [0.4, 0.5) is 16.0 Å². The fourth-order valence-electron chi connectivity index (χ4n) is 4.29. The minimum atomic E-state index is -0.345. The highest BCUT2D eigenvalue weighted by atomic mass is 19.1. The third kappa shape index (κ3) is 3.39. The summed E-state index contributed by atoms with van der Waals surface area (Å²) in [6, 6.07) is 4.31. The van der Waals surface area contributed by atoms with E-state index in [9.17, 15) is 9.18 Å². The highest BCUT2D eigenvalue weighted by molar-refractivity contribution is 5.98. The number of hydrogen-bond donors (Lipinski definition) is 1. The number of ether oxygens (including phenoxy) is 1. The number of anilines is 2. The van der Waals surface area contributed by atoms with Crippen molar-refractivity contribution >= 4 is 17.5 Å². The number of nitrogens with two attached hydrogens (primary N) is 1. The number of rotatable bonds is 0. The molecule has 11 heteroatoms. The smallest absolute Gasteiger partial charge is 0.274 e. The molecule has 2 N–H and O–H groups in total. The molecule has 0 radical (unpaired) electrons. The zero-order valence-electron chi connectivity index (χ0n) is 17.8. The summed E-state index contributed by atoms with van der Waals surface area (Å²) < 4.78 is 21.8. The Morgan fingerprint density at radius 2 is 2.06 bits per heavy atom. The van der Waals surface area contributed by atoms with Gasteiger partial charge in [-0.2, -0.15) is 5.10 Å². The first kappa shape index (κ1) is 20.2. The van der Waals surface area contributed by atoms with E-state index in [-0.39, 0.29) is 41.7 Å². The molecular formula is C21H23FN8O2. The van der Waals surface area contributed by atoms with E-state index in [4.69, 9.17) is 10.5 Å². The van der Waals surface area contributed by atoms with Crippen LogP contribution in [-0.4, -0.2) is 62.5 Å². The quantitative estimate of drug-likeness (QED) is 0.565. The summed E-state index contributed by atoms with van der Waals surface area (Å²) in [5.41, 5.74) is 7.59. The first-order valence-corrected chi connectivity index (χ1v) is 10.4.